The summed E-state index contributed by atoms with van der Waals surface area (Å²) in [7, 11) is 0. The van der Waals surface area contributed by atoms with Crippen molar-refractivity contribution in [2.24, 2.45) is 0 Å². The number of hydrogen-bond donors (Lipinski definition) is 0. The van der Waals surface area contributed by atoms with E-state index in [9.17, 15) is 9.59 Å². The molecule has 0 spiro atoms. The van der Waals surface area contributed by atoms with E-state index in [4.69, 9.17) is 14.2 Å². The summed E-state index contributed by atoms with van der Waals surface area (Å²) in [5, 5.41) is 0. The van der Waals surface area contributed by atoms with Crippen LogP contribution in [-0.4, -0.2) is 42.5 Å². The van der Waals surface area contributed by atoms with Crippen LogP contribution in [-0.2, 0) is 24.4 Å². The summed E-state index contributed by atoms with van der Waals surface area (Å²) >= 11 is 3.54. The van der Waals surface area contributed by atoms with Crippen LogP contribution in [0.1, 0.15) is 79.2 Å². The Hall–Kier alpha value is -1.44. The minimum absolute atomic E-state index is 0.00428. The van der Waals surface area contributed by atoms with Crippen LogP contribution in [0.4, 0.5) is 10.5 Å². The molecule has 0 aliphatic carbocycles. The average Bonchev–Trinajstić information content (AvgIpc) is 2.70. The van der Waals surface area contributed by atoms with E-state index in [0.717, 1.165) is 42.3 Å². The van der Waals surface area contributed by atoms with Crippen LogP contribution in [0.15, 0.2) is 22.7 Å². The molecule has 2 atom stereocenters. The van der Waals surface area contributed by atoms with Crippen molar-refractivity contribution in [1.82, 2.24) is 0 Å². The van der Waals surface area contributed by atoms with E-state index in [0.29, 0.717) is 18.7 Å². The van der Waals surface area contributed by atoms with Crippen LogP contribution in [0.3, 0.4) is 0 Å². The molecular weight excluding hydrogens is 474 g/mol. The van der Waals surface area contributed by atoms with Crippen molar-refractivity contribution in [1.29, 1.82) is 0 Å². The number of ether oxygens (including phenoxy) is 3. The monoisotopic (exact) mass is 509 g/mol. The molecule has 2 heterocycles. The number of ketones is 1. The number of Topliss-reactive ketones (excluding diaryl/α,β-unsaturated/α-hetero) is 1. The molecule has 0 saturated carbocycles. The Morgan fingerprint density at radius 1 is 1.25 bits per heavy atom. The SMILES string of the molecule is CC(C)(C)OC(=O)N1c2ccc(Br)cc2C(C)(CCCOC2CCCCO2)C(=O)C1(C)C. The van der Waals surface area contributed by atoms with Crippen molar-refractivity contribution < 1.29 is 23.8 Å². The third-order valence-corrected chi connectivity index (χ3v) is 6.74. The van der Waals surface area contributed by atoms with Gasteiger partial charge < -0.3 is 14.2 Å². The third kappa shape index (κ3) is 5.20. The number of amides is 1. The molecule has 0 radical (unpaired) electrons. The van der Waals surface area contributed by atoms with Crippen LogP contribution in [0.5, 0.6) is 0 Å². The molecule has 178 valence electrons. The van der Waals surface area contributed by atoms with Gasteiger partial charge in [0.2, 0.25) is 0 Å². The van der Waals surface area contributed by atoms with E-state index >= 15 is 0 Å². The quantitative estimate of drug-likeness (QED) is 0.446. The van der Waals surface area contributed by atoms with Gasteiger partial charge in [0.25, 0.3) is 0 Å². The molecule has 1 aromatic carbocycles. The third-order valence-electron chi connectivity index (χ3n) is 6.25. The van der Waals surface area contributed by atoms with Gasteiger partial charge in [0, 0.05) is 17.7 Å². The largest absolute Gasteiger partial charge is 0.443 e. The first-order valence-corrected chi connectivity index (χ1v) is 12.3. The van der Waals surface area contributed by atoms with E-state index < -0.39 is 22.6 Å². The summed E-state index contributed by atoms with van der Waals surface area (Å²) in [6.45, 7) is 12.3. The molecule has 1 fully saturated rings. The maximum absolute atomic E-state index is 13.9. The smallest absolute Gasteiger partial charge is 0.415 e. The van der Waals surface area contributed by atoms with Gasteiger partial charge >= 0.3 is 6.09 Å². The van der Waals surface area contributed by atoms with Crippen molar-refractivity contribution in [3.05, 3.63) is 28.2 Å². The topological polar surface area (TPSA) is 65.1 Å². The van der Waals surface area contributed by atoms with E-state index in [1.807, 2.05) is 45.9 Å². The molecule has 3 rings (SSSR count). The predicted octanol–water partition coefficient (Wildman–Crippen LogP) is 6.13. The number of rotatable bonds is 5. The molecule has 2 aliphatic rings. The zero-order chi connectivity index (χ0) is 23.7. The lowest BCUT2D eigenvalue weighted by molar-refractivity contribution is -0.163. The van der Waals surface area contributed by atoms with E-state index in [1.54, 1.807) is 13.8 Å². The molecule has 0 bridgehead atoms. The second-order valence-electron chi connectivity index (χ2n) is 10.5. The van der Waals surface area contributed by atoms with Gasteiger partial charge in [-0.1, -0.05) is 15.9 Å². The van der Waals surface area contributed by atoms with Gasteiger partial charge in [-0.3, -0.25) is 9.69 Å². The molecule has 0 N–H and O–H groups in total. The molecule has 6 nitrogen and oxygen atoms in total. The Labute approximate surface area is 200 Å². The molecule has 2 aliphatic heterocycles. The lowest BCUT2D eigenvalue weighted by Crippen LogP contribution is -2.63. The second kappa shape index (κ2) is 9.43. The summed E-state index contributed by atoms with van der Waals surface area (Å²) in [6, 6.07) is 5.74. The predicted molar refractivity (Wildman–Crippen MR) is 128 cm³/mol. The van der Waals surface area contributed by atoms with Gasteiger partial charge in [-0.2, -0.15) is 0 Å². The first-order chi connectivity index (χ1) is 14.9. The fraction of sp³-hybridized carbons (Fsp3) is 0.680. The Balaban J connectivity index is 1.87. The number of fused-ring (bicyclic) bond motifs is 1. The van der Waals surface area contributed by atoms with Crippen LogP contribution in [0.25, 0.3) is 0 Å². The highest BCUT2D eigenvalue weighted by Gasteiger charge is 2.54. The van der Waals surface area contributed by atoms with Gasteiger partial charge in [0.05, 0.1) is 11.1 Å². The van der Waals surface area contributed by atoms with Gasteiger partial charge in [-0.15, -0.1) is 0 Å². The summed E-state index contributed by atoms with van der Waals surface area (Å²) in [4.78, 5) is 28.6. The van der Waals surface area contributed by atoms with E-state index in [2.05, 4.69) is 15.9 Å². The van der Waals surface area contributed by atoms with Crippen LogP contribution < -0.4 is 4.90 Å². The standard InChI is InChI=1S/C25H36BrNO5/c1-23(2,3)32-22(29)27-19-12-11-17(26)16-18(19)25(6,21(28)24(27,4)5)13-9-15-31-20-10-7-8-14-30-20/h11-12,16,20H,7-10,13-15H2,1-6H3. The minimum Gasteiger partial charge on any atom is -0.443 e. The molecule has 0 aromatic heterocycles. The summed E-state index contributed by atoms with van der Waals surface area (Å²) in [5.74, 6) is -0.00428. The maximum Gasteiger partial charge on any atom is 0.415 e. The van der Waals surface area contributed by atoms with E-state index in [-0.39, 0.29) is 12.1 Å². The Kier molecular flexibility index (Phi) is 7.42. The number of halogens is 1. The van der Waals surface area contributed by atoms with Crippen LogP contribution >= 0.6 is 15.9 Å². The minimum atomic E-state index is -1.05. The van der Waals surface area contributed by atoms with Crippen LogP contribution in [0.2, 0.25) is 0 Å². The summed E-state index contributed by atoms with van der Waals surface area (Å²) in [5.41, 5.74) is -0.921. The number of carbonyl (C=O) groups excluding carboxylic acids is 2. The van der Waals surface area contributed by atoms with Crippen molar-refractivity contribution in [3.8, 4) is 0 Å². The molecule has 1 aromatic rings. The van der Waals surface area contributed by atoms with Crippen molar-refractivity contribution >= 4 is 33.5 Å². The van der Waals surface area contributed by atoms with Gasteiger partial charge in [-0.05, 0) is 97.4 Å². The van der Waals surface area contributed by atoms with Crippen LogP contribution in [0, 0.1) is 0 Å². The van der Waals surface area contributed by atoms with Crippen molar-refractivity contribution in [2.45, 2.75) is 96.5 Å². The Morgan fingerprint density at radius 2 is 1.97 bits per heavy atom. The van der Waals surface area contributed by atoms with Gasteiger partial charge in [0.15, 0.2) is 12.1 Å². The van der Waals surface area contributed by atoms with Gasteiger partial charge in [0.1, 0.15) is 11.1 Å². The molecule has 1 saturated heterocycles. The van der Waals surface area contributed by atoms with Crippen molar-refractivity contribution in [3.63, 3.8) is 0 Å². The van der Waals surface area contributed by atoms with Crippen molar-refractivity contribution in [2.75, 3.05) is 18.1 Å². The number of carbonyl (C=O) groups is 2. The molecule has 7 heteroatoms. The molecule has 32 heavy (non-hydrogen) atoms. The normalized spacial score (nSPS) is 25.4. The number of hydrogen-bond acceptors (Lipinski definition) is 5. The Bertz CT molecular complexity index is 856. The Morgan fingerprint density at radius 3 is 2.59 bits per heavy atom. The van der Waals surface area contributed by atoms with E-state index in [1.165, 1.54) is 4.90 Å². The highest BCUT2D eigenvalue weighted by Crippen LogP contribution is 2.48. The number of anilines is 1. The summed E-state index contributed by atoms with van der Waals surface area (Å²) < 4.78 is 18.1. The lowest BCUT2D eigenvalue weighted by Gasteiger charge is -2.49. The average molecular weight is 510 g/mol. The number of benzene rings is 1. The zero-order valence-corrected chi connectivity index (χ0v) is 21.7. The fourth-order valence-corrected chi connectivity index (χ4v) is 5.07. The second-order valence-corrected chi connectivity index (χ2v) is 11.4. The fourth-order valence-electron chi connectivity index (χ4n) is 4.71. The summed E-state index contributed by atoms with van der Waals surface area (Å²) in [6.07, 6.45) is 3.81. The molecule has 1 amide bonds. The number of nitrogens with zero attached hydrogens (tertiary/aromatic N) is 1. The highest BCUT2D eigenvalue weighted by atomic mass is 79.9. The highest BCUT2D eigenvalue weighted by molar-refractivity contribution is 9.10. The molecular formula is C25H36BrNO5. The molecule has 2 unspecified atom stereocenters. The first-order valence-electron chi connectivity index (χ1n) is 11.5. The first kappa shape index (κ1) is 25.2. The lowest BCUT2D eigenvalue weighted by atomic mass is 9.65. The zero-order valence-electron chi connectivity index (χ0n) is 20.1. The van der Waals surface area contributed by atoms with Gasteiger partial charge in [-0.25, -0.2) is 4.79 Å². The maximum atomic E-state index is 13.9.